The van der Waals surface area contributed by atoms with E-state index < -0.39 is 18.1 Å². The molecule has 0 bridgehead atoms. The van der Waals surface area contributed by atoms with Crippen molar-refractivity contribution in [1.29, 1.82) is 0 Å². The molecule has 27 heavy (non-hydrogen) atoms. The number of H-pyrrole nitrogens is 1. The van der Waals surface area contributed by atoms with Gasteiger partial charge in [0.05, 0.1) is 10.0 Å². The molecule has 1 heterocycles. The fourth-order valence-electron chi connectivity index (χ4n) is 2.25. The summed E-state index contributed by atoms with van der Waals surface area (Å²) in [6.45, 7) is 0. The highest BCUT2D eigenvalue weighted by Crippen LogP contribution is 2.32. The van der Waals surface area contributed by atoms with E-state index in [0.29, 0.717) is 22.9 Å². The molecule has 1 aliphatic rings. The second-order valence-electron chi connectivity index (χ2n) is 5.28. The fraction of sp³-hybridized carbons (Fsp3) is 0.286. The Morgan fingerprint density at radius 2 is 1.63 bits per heavy atom. The number of aromatic carboxylic acids is 1. The van der Waals surface area contributed by atoms with Gasteiger partial charge in [-0.2, -0.15) is 13.2 Å². The number of aromatic amines is 1. The van der Waals surface area contributed by atoms with E-state index in [4.69, 9.17) is 42.9 Å². The molecule has 1 aromatic heterocycles. The van der Waals surface area contributed by atoms with E-state index in [-0.39, 0.29) is 17.7 Å². The first-order valence-corrected chi connectivity index (χ1v) is 7.82. The zero-order valence-corrected chi connectivity index (χ0v) is 14.6. The summed E-state index contributed by atoms with van der Waals surface area (Å²) >= 11 is 11.9. The van der Waals surface area contributed by atoms with Crippen LogP contribution in [-0.2, 0) is 17.6 Å². The summed E-state index contributed by atoms with van der Waals surface area (Å²) in [6.07, 6.45) is -4.04. The Hall–Kier alpha value is -2.53. The van der Waals surface area contributed by atoms with E-state index in [2.05, 4.69) is 15.4 Å². The lowest BCUT2D eigenvalue weighted by Gasteiger charge is -2.10. The zero-order valence-electron chi connectivity index (χ0n) is 13.0. The van der Waals surface area contributed by atoms with Crippen molar-refractivity contribution in [2.75, 3.05) is 0 Å². The maximum absolute atomic E-state index is 10.9. The van der Waals surface area contributed by atoms with E-state index >= 15 is 0 Å². The third kappa shape index (κ3) is 5.23. The van der Waals surface area contributed by atoms with Crippen LogP contribution in [0.2, 0.25) is 10.0 Å². The number of aromatic nitrogens is 3. The van der Waals surface area contributed by atoms with Gasteiger partial charge < -0.3 is 14.9 Å². The number of rotatable bonds is 3. The van der Waals surface area contributed by atoms with Gasteiger partial charge in [0.2, 0.25) is 5.69 Å². The van der Waals surface area contributed by atoms with Crippen molar-refractivity contribution in [3.05, 3.63) is 39.0 Å². The van der Waals surface area contributed by atoms with Gasteiger partial charge in [0.1, 0.15) is 6.10 Å². The van der Waals surface area contributed by atoms with Crippen molar-refractivity contribution >= 4 is 35.1 Å². The van der Waals surface area contributed by atoms with Crippen molar-refractivity contribution in [1.82, 2.24) is 15.4 Å². The van der Waals surface area contributed by atoms with Crippen LogP contribution in [0.4, 0.5) is 13.2 Å². The molecule has 0 spiro atoms. The van der Waals surface area contributed by atoms with Crippen molar-refractivity contribution in [3.8, 4) is 5.88 Å². The van der Waals surface area contributed by atoms with Crippen LogP contribution in [0.3, 0.4) is 0 Å². The highest BCUT2D eigenvalue weighted by atomic mass is 35.5. The number of alkyl halides is 3. The SMILES string of the molecule is O=C(O)C(F)(F)F.O=C(O)c1[nH]nnc1OC1Cc2cc(Cl)c(Cl)cc2C1. The average molecular weight is 428 g/mol. The van der Waals surface area contributed by atoms with Crippen molar-refractivity contribution in [2.24, 2.45) is 0 Å². The highest BCUT2D eigenvalue weighted by molar-refractivity contribution is 6.42. The summed E-state index contributed by atoms with van der Waals surface area (Å²) in [5.41, 5.74) is 1.94. The van der Waals surface area contributed by atoms with Crippen LogP contribution in [0.15, 0.2) is 12.1 Å². The lowest BCUT2D eigenvalue weighted by molar-refractivity contribution is -0.192. The first kappa shape index (κ1) is 20.8. The monoisotopic (exact) mass is 427 g/mol. The second-order valence-corrected chi connectivity index (χ2v) is 6.10. The number of halogens is 5. The Bertz CT molecular complexity index is 841. The Labute approximate surface area is 158 Å². The Morgan fingerprint density at radius 3 is 2.04 bits per heavy atom. The minimum absolute atomic E-state index is 0.00694. The fourth-order valence-corrected chi connectivity index (χ4v) is 2.63. The average Bonchev–Trinajstić information content (AvgIpc) is 3.14. The quantitative estimate of drug-likeness (QED) is 0.687. The number of nitrogens with zero attached hydrogens (tertiary/aromatic N) is 2. The second kappa shape index (κ2) is 8.01. The molecule has 0 aliphatic heterocycles. The minimum atomic E-state index is -5.08. The molecule has 3 N–H and O–H groups in total. The van der Waals surface area contributed by atoms with Crippen LogP contribution in [0.5, 0.6) is 5.88 Å². The molecule has 2 aromatic rings. The predicted molar refractivity (Wildman–Crippen MR) is 85.3 cm³/mol. The number of ether oxygens (including phenoxy) is 1. The zero-order chi connectivity index (χ0) is 20.4. The summed E-state index contributed by atoms with van der Waals surface area (Å²) in [5.74, 6) is -3.92. The van der Waals surface area contributed by atoms with E-state index in [1.165, 1.54) is 0 Å². The third-order valence-electron chi connectivity index (χ3n) is 3.39. The van der Waals surface area contributed by atoms with Gasteiger partial charge in [-0.25, -0.2) is 14.7 Å². The molecule has 0 radical (unpaired) electrons. The first-order chi connectivity index (χ1) is 12.5. The number of carboxylic acids is 2. The molecule has 8 nitrogen and oxygen atoms in total. The van der Waals surface area contributed by atoms with E-state index in [1.807, 2.05) is 12.1 Å². The summed E-state index contributed by atoms with van der Waals surface area (Å²) < 4.78 is 37.3. The Morgan fingerprint density at radius 1 is 1.15 bits per heavy atom. The van der Waals surface area contributed by atoms with Gasteiger partial charge in [0.25, 0.3) is 5.88 Å². The van der Waals surface area contributed by atoms with Crippen molar-refractivity contribution < 1.29 is 37.7 Å². The minimum Gasteiger partial charge on any atom is -0.476 e. The molecule has 0 amide bonds. The molecular formula is C14H10Cl2F3N3O5. The first-order valence-electron chi connectivity index (χ1n) is 7.07. The van der Waals surface area contributed by atoms with Gasteiger partial charge in [-0.3, -0.25) is 0 Å². The van der Waals surface area contributed by atoms with Crippen LogP contribution in [0, 0.1) is 0 Å². The van der Waals surface area contributed by atoms with Crippen molar-refractivity contribution in [3.63, 3.8) is 0 Å². The number of fused-ring (bicyclic) bond motifs is 1. The van der Waals surface area contributed by atoms with Crippen LogP contribution in [0.25, 0.3) is 0 Å². The molecule has 1 aliphatic carbocycles. The summed E-state index contributed by atoms with van der Waals surface area (Å²) in [6, 6.07) is 3.62. The summed E-state index contributed by atoms with van der Waals surface area (Å²) in [5, 5.41) is 26.4. The predicted octanol–water partition coefficient (Wildman–Crippen LogP) is 2.99. The molecule has 0 atom stereocenters. The number of aliphatic carboxylic acids is 1. The Kier molecular flexibility index (Phi) is 6.16. The maximum Gasteiger partial charge on any atom is 0.490 e. The lowest BCUT2D eigenvalue weighted by Crippen LogP contribution is -2.21. The van der Waals surface area contributed by atoms with E-state index in [9.17, 15) is 18.0 Å². The van der Waals surface area contributed by atoms with Crippen LogP contribution >= 0.6 is 23.2 Å². The molecule has 146 valence electrons. The molecule has 0 unspecified atom stereocenters. The van der Waals surface area contributed by atoms with Crippen LogP contribution < -0.4 is 4.74 Å². The Balaban J connectivity index is 0.000000321. The molecule has 0 saturated heterocycles. The normalized spacial score (nSPS) is 13.5. The largest absolute Gasteiger partial charge is 0.490 e. The number of hydrogen-bond acceptors (Lipinski definition) is 5. The maximum atomic E-state index is 10.9. The topological polar surface area (TPSA) is 125 Å². The number of carboxylic acid groups (broad SMARTS) is 2. The number of hydrogen-bond donors (Lipinski definition) is 3. The van der Waals surface area contributed by atoms with E-state index in [0.717, 1.165) is 11.1 Å². The smallest absolute Gasteiger partial charge is 0.476 e. The van der Waals surface area contributed by atoms with Crippen LogP contribution in [0.1, 0.15) is 21.6 Å². The van der Waals surface area contributed by atoms with Crippen molar-refractivity contribution in [2.45, 2.75) is 25.1 Å². The van der Waals surface area contributed by atoms with Gasteiger partial charge in [-0.05, 0) is 23.3 Å². The third-order valence-corrected chi connectivity index (χ3v) is 4.11. The van der Waals surface area contributed by atoms with Gasteiger partial charge >= 0.3 is 18.1 Å². The summed E-state index contributed by atoms with van der Waals surface area (Å²) in [4.78, 5) is 19.8. The number of carbonyl (C=O) groups is 2. The van der Waals surface area contributed by atoms with Gasteiger partial charge in [0.15, 0.2) is 0 Å². The molecular weight excluding hydrogens is 418 g/mol. The van der Waals surface area contributed by atoms with Gasteiger partial charge in [-0.1, -0.05) is 33.5 Å². The van der Waals surface area contributed by atoms with Crippen LogP contribution in [-0.4, -0.2) is 49.8 Å². The lowest BCUT2D eigenvalue weighted by atomic mass is 10.1. The summed E-state index contributed by atoms with van der Waals surface area (Å²) in [7, 11) is 0. The van der Waals surface area contributed by atoms with Gasteiger partial charge in [-0.15, -0.1) is 0 Å². The molecule has 0 fully saturated rings. The standard InChI is InChI=1S/C12H9Cl2N3O3.C2HF3O2/c13-8-3-5-1-7(2-6(5)4-9(8)14)20-11-10(12(18)19)15-17-16-11;3-2(4,5)1(6)7/h3-4,7H,1-2H2,(H,18,19)(H,15,16,17);(H,6,7). The number of benzene rings is 1. The molecule has 0 saturated carbocycles. The number of nitrogens with one attached hydrogen (secondary N) is 1. The molecule has 3 rings (SSSR count). The van der Waals surface area contributed by atoms with E-state index in [1.54, 1.807) is 0 Å². The van der Waals surface area contributed by atoms with Gasteiger partial charge in [0, 0.05) is 12.8 Å². The molecule has 13 heteroatoms. The highest BCUT2D eigenvalue weighted by Gasteiger charge is 2.38. The molecule has 1 aromatic carbocycles.